The summed E-state index contributed by atoms with van der Waals surface area (Å²) in [6.07, 6.45) is 4.57. The van der Waals surface area contributed by atoms with Crippen LogP contribution in [-0.4, -0.2) is 33.0 Å². The van der Waals surface area contributed by atoms with Gasteiger partial charge in [0.1, 0.15) is 0 Å². The van der Waals surface area contributed by atoms with Crippen LogP contribution in [0.25, 0.3) is 0 Å². The van der Waals surface area contributed by atoms with E-state index >= 15 is 0 Å². The Balaban J connectivity index is 1.52. The molecular weight excluding hydrogens is 290 g/mol. The lowest BCUT2D eigenvalue weighted by atomic mass is 10.1. The summed E-state index contributed by atoms with van der Waals surface area (Å²) in [4.78, 5) is 4.02. The zero-order chi connectivity index (χ0) is 15.5. The van der Waals surface area contributed by atoms with Crippen LogP contribution in [0.1, 0.15) is 29.7 Å². The highest BCUT2D eigenvalue weighted by Crippen LogP contribution is 2.32. The van der Waals surface area contributed by atoms with Crippen LogP contribution in [0.15, 0.2) is 35.4 Å². The van der Waals surface area contributed by atoms with Crippen molar-refractivity contribution in [2.45, 2.75) is 43.4 Å². The third-order valence-corrected chi connectivity index (χ3v) is 6.17. The van der Waals surface area contributed by atoms with Crippen LogP contribution in [0.5, 0.6) is 0 Å². The number of benzene rings is 1. The first-order valence-corrected chi connectivity index (χ1v) is 8.93. The van der Waals surface area contributed by atoms with Gasteiger partial charge in [0.2, 0.25) is 0 Å². The molecule has 0 bridgehead atoms. The second-order valence-corrected chi connectivity index (χ2v) is 7.58. The Hall–Kier alpha value is -1.26. The molecule has 0 atom stereocenters. The van der Waals surface area contributed by atoms with Crippen molar-refractivity contribution in [3.05, 3.63) is 47.3 Å². The number of thioether (sulfide) groups is 1. The molecule has 22 heavy (non-hydrogen) atoms. The summed E-state index contributed by atoms with van der Waals surface area (Å²) >= 11 is 2.06. The zero-order valence-corrected chi connectivity index (χ0v) is 14.6. The van der Waals surface area contributed by atoms with Gasteiger partial charge in [-0.25, -0.2) is 0 Å². The Morgan fingerprint density at radius 3 is 2.55 bits per heavy atom. The van der Waals surface area contributed by atoms with Gasteiger partial charge in [-0.1, -0.05) is 18.2 Å². The summed E-state index contributed by atoms with van der Waals surface area (Å²) in [6.45, 7) is 7.79. The molecule has 2 heterocycles. The molecule has 0 amide bonds. The van der Waals surface area contributed by atoms with Crippen LogP contribution in [0.2, 0.25) is 0 Å². The van der Waals surface area contributed by atoms with Gasteiger partial charge in [0, 0.05) is 35.0 Å². The minimum Gasteiger partial charge on any atom is -0.299 e. The SMILES string of the molecule is Cc1ccccc1SC1CCN(Cc2cnn(C)c2C)CC1. The van der Waals surface area contributed by atoms with E-state index in [1.807, 2.05) is 17.9 Å². The van der Waals surface area contributed by atoms with Gasteiger partial charge in [-0.3, -0.25) is 9.58 Å². The zero-order valence-electron chi connectivity index (χ0n) is 13.7. The van der Waals surface area contributed by atoms with E-state index in [-0.39, 0.29) is 0 Å². The smallest absolute Gasteiger partial charge is 0.0537 e. The maximum absolute atomic E-state index is 4.35. The van der Waals surface area contributed by atoms with Gasteiger partial charge in [0.25, 0.3) is 0 Å². The molecule has 3 rings (SSSR count). The van der Waals surface area contributed by atoms with Crippen molar-refractivity contribution in [2.24, 2.45) is 7.05 Å². The van der Waals surface area contributed by atoms with Gasteiger partial charge < -0.3 is 0 Å². The second-order valence-electron chi connectivity index (χ2n) is 6.24. The first kappa shape index (κ1) is 15.6. The van der Waals surface area contributed by atoms with Gasteiger partial charge in [-0.15, -0.1) is 11.8 Å². The fraction of sp³-hybridized carbons (Fsp3) is 0.500. The summed E-state index contributed by atoms with van der Waals surface area (Å²) in [5, 5.41) is 5.10. The van der Waals surface area contributed by atoms with Crippen LogP contribution >= 0.6 is 11.8 Å². The molecule has 1 aliphatic rings. The van der Waals surface area contributed by atoms with Crippen molar-refractivity contribution in [1.82, 2.24) is 14.7 Å². The predicted octanol–water partition coefficient (Wildman–Crippen LogP) is 3.79. The molecule has 0 N–H and O–H groups in total. The van der Waals surface area contributed by atoms with Crippen LogP contribution in [0.3, 0.4) is 0 Å². The molecule has 1 fully saturated rings. The lowest BCUT2D eigenvalue weighted by molar-refractivity contribution is 0.224. The van der Waals surface area contributed by atoms with E-state index in [2.05, 4.69) is 59.9 Å². The summed E-state index contributed by atoms with van der Waals surface area (Å²) in [5.74, 6) is 0. The first-order valence-electron chi connectivity index (χ1n) is 8.05. The number of hydrogen-bond donors (Lipinski definition) is 0. The largest absolute Gasteiger partial charge is 0.299 e. The highest BCUT2D eigenvalue weighted by Gasteiger charge is 2.21. The molecule has 0 saturated carbocycles. The van der Waals surface area contributed by atoms with Crippen molar-refractivity contribution < 1.29 is 0 Å². The van der Waals surface area contributed by atoms with Crippen molar-refractivity contribution in [3.63, 3.8) is 0 Å². The Bertz CT molecular complexity index is 627. The molecular formula is C18H25N3S. The van der Waals surface area contributed by atoms with E-state index in [4.69, 9.17) is 0 Å². The highest BCUT2D eigenvalue weighted by molar-refractivity contribution is 8.00. The van der Waals surface area contributed by atoms with E-state index in [1.54, 1.807) is 0 Å². The number of hydrogen-bond acceptors (Lipinski definition) is 3. The van der Waals surface area contributed by atoms with Gasteiger partial charge in [0.15, 0.2) is 0 Å². The van der Waals surface area contributed by atoms with Crippen molar-refractivity contribution in [2.75, 3.05) is 13.1 Å². The molecule has 3 nitrogen and oxygen atoms in total. The Morgan fingerprint density at radius 1 is 1.18 bits per heavy atom. The molecule has 1 aliphatic heterocycles. The minimum absolute atomic E-state index is 0.757. The molecule has 4 heteroatoms. The fourth-order valence-electron chi connectivity index (χ4n) is 2.99. The van der Waals surface area contributed by atoms with E-state index in [0.29, 0.717) is 0 Å². The van der Waals surface area contributed by atoms with Crippen molar-refractivity contribution in [3.8, 4) is 0 Å². The number of aromatic nitrogens is 2. The quantitative estimate of drug-likeness (QED) is 0.856. The van der Waals surface area contributed by atoms with Gasteiger partial charge in [0.05, 0.1) is 6.20 Å². The Kier molecular flexibility index (Phi) is 4.89. The topological polar surface area (TPSA) is 21.1 Å². The van der Waals surface area contributed by atoms with Gasteiger partial charge in [-0.2, -0.15) is 5.10 Å². The molecule has 1 aromatic heterocycles. The summed E-state index contributed by atoms with van der Waals surface area (Å²) in [6, 6.07) is 8.74. The summed E-state index contributed by atoms with van der Waals surface area (Å²) < 4.78 is 1.97. The molecule has 0 spiro atoms. The number of rotatable bonds is 4. The number of aryl methyl sites for hydroxylation is 2. The lowest BCUT2D eigenvalue weighted by Gasteiger charge is -2.31. The van der Waals surface area contributed by atoms with Crippen LogP contribution in [0, 0.1) is 13.8 Å². The molecule has 118 valence electrons. The average Bonchev–Trinajstić information content (AvgIpc) is 2.83. The number of piperidine rings is 1. The molecule has 0 unspecified atom stereocenters. The Morgan fingerprint density at radius 2 is 1.91 bits per heavy atom. The van der Waals surface area contributed by atoms with Crippen LogP contribution in [-0.2, 0) is 13.6 Å². The van der Waals surface area contributed by atoms with Crippen molar-refractivity contribution >= 4 is 11.8 Å². The molecule has 2 aromatic rings. The monoisotopic (exact) mass is 315 g/mol. The normalized spacial score (nSPS) is 17.0. The highest BCUT2D eigenvalue weighted by atomic mass is 32.2. The van der Waals surface area contributed by atoms with E-state index in [1.165, 1.54) is 47.6 Å². The predicted molar refractivity (Wildman–Crippen MR) is 93.3 cm³/mol. The molecule has 1 saturated heterocycles. The van der Waals surface area contributed by atoms with E-state index < -0.39 is 0 Å². The minimum atomic E-state index is 0.757. The number of nitrogens with zero attached hydrogens (tertiary/aromatic N) is 3. The Labute approximate surface area is 137 Å². The third kappa shape index (κ3) is 3.55. The molecule has 0 radical (unpaired) electrons. The standard InChI is InChI=1S/C18H25N3S/c1-14-6-4-5-7-18(14)22-17-8-10-21(11-9-17)13-16-12-19-20(3)15(16)2/h4-7,12,17H,8-11,13H2,1-3H3. The first-order chi connectivity index (χ1) is 10.6. The maximum atomic E-state index is 4.35. The van der Waals surface area contributed by atoms with E-state index in [0.717, 1.165) is 11.8 Å². The van der Waals surface area contributed by atoms with Gasteiger partial charge in [-0.05, 0) is 51.4 Å². The average molecular weight is 315 g/mol. The summed E-state index contributed by atoms with van der Waals surface area (Å²) in [7, 11) is 2.02. The number of likely N-dealkylation sites (tertiary alicyclic amines) is 1. The van der Waals surface area contributed by atoms with Crippen LogP contribution < -0.4 is 0 Å². The van der Waals surface area contributed by atoms with Crippen LogP contribution in [0.4, 0.5) is 0 Å². The maximum Gasteiger partial charge on any atom is 0.0537 e. The fourth-order valence-corrected chi connectivity index (χ4v) is 4.21. The van der Waals surface area contributed by atoms with E-state index in [9.17, 15) is 0 Å². The third-order valence-electron chi connectivity index (χ3n) is 4.65. The molecule has 1 aromatic carbocycles. The summed E-state index contributed by atoms with van der Waals surface area (Å²) in [5.41, 5.74) is 4.06. The molecule has 0 aliphatic carbocycles. The second kappa shape index (κ2) is 6.88. The van der Waals surface area contributed by atoms with Gasteiger partial charge >= 0.3 is 0 Å². The lowest BCUT2D eigenvalue weighted by Crippen LogP contribution is -2.34. The van der Waals surface area contributed by atoms with Crippen molar-refractivity contribution in [1.29, 1.82) is 0 Å².